The maximum absolute atomic E-state index is 10.8. The molecule has 43 heavy (non-hydrogen) atoms. The minimum atomic E-state index is -1.02. The molecule has 1 rings (SSSR count). The van der Waals surface area contributed by atoms with E-state index in [9.17, 15) is 10.2 Å². The third kappa shape index (κ3) is 21.9. The lowest BCUT2D eigenvalue weighted by atomic mass is 10.00. The summed E-state index contributed by atoms with van der Waals surface area (Å²) >= 11 is 11.1. The van der Waals surface area contributed by atoms with E-state index in [1.54, 1.807) is 0 Å². The van der Waals surface area contributed by atoms with E-state index in [1.807, 2.05) is 0 Å². The first-order valence-electron chi connectivity index (χ1n) is 18.3. The van der Waals surface area contributed by atoms with Crippen LogP contribution in [-0.2, 0) is 14.2 Å². The molecule has 254 valence electrons. The molecule has 1 fully saturated rings. The standard InChI is InChI=1S/C36H68O5S2/c1-3-5-7-9-11-13-15-17-19-21-23-25-27-33(42)40-32-30-39-31(29-37)35(38)36(32)41-34(43)28-26-24-22-20-18-16-14-12-10-8-6-4-2/h31-32,35-38H,3-30H2,1-2H3/t31-,32+,35-,36-/m1/s1. The number of rotatable bonds is 29. The summed E-state index contributed by atoms with van der Waals surface area (Å²) in [4.78, 5) is 0. The molecule has 0 aromatic rings. The molecule has 1 aliphatic heterocycles. The normalized spacial score (nSPS) is 20.3. The molecule has 0 aromatic carbocycles. The van der Waals surface area contributed by atoms with Crippen molar-refractivity contribution in [3.05, 3.63) is 0 Å². The van der Waals surface area contributed by atoms with Crippen molar-refractivity contribution in [3.63, 3.8) is 0 Å². The van der Waals surface area contributed by atoms with Gasteiger partial charge >= 0.3 is 0 Å². The fraction of sp³-hybridized carbons (Fsp3) is 0.944. The monoisotopic (exact) mass is 644 g/mol. The Morgan fingerprint density at radius 3 is 1.30 bits per heavy atom. The summed E-state index contributed by atoms with van der Waals surface area (Å²) in [7, 11) is 0. The number of thiocarbonyl (C=S) groups is 2. The Balaban J connectivity index is 2.21. The van der Waals surface area contributed by atoms with E-state index in [2.05, 4.69) is 13.8 Å². The maximum Gasteiger partial charge on any atom is 0.167 e. The van der Waals surface area contributed by atoms with E-state index in [0.29, 0.717) is 16.5 Å². The van der Waals surface area contributed by atoms with Crippen LogP contribution in [0.5, 0.6) is 0 Å². The van der Waals surface area contributed by atoms with Gasteiger partial charge in [0.15, 0.2) is 22.3 Å². The van der Waals surface area contributed by atoms with Crippen molar-refractivity contribution in [1.29, 1.82) is 0 Å². The molecule has 1 heterocycles. The van der Waals surface area contributed by atoms with Crippen LogP contribution in [0.2, 0.25) is 0 Å². The summed E-state index contributed by atoms with van der Waals surface area (Å²) in [5, 5.41) is 21.5. The topological polar surface area (TPSA) is 68.2 Å². The first-order chi connectivity index (χ1) is 21.0. The van der Waals surface area contributed by atoms with E-state index in [4.69, 9.17) is 38.6 Å². The first kappa shape index (κ1) is 40.7. The molecule has 0 radical (unpaired) electrons. The molecule has 0 spiro atoms. The molecule has 0 saturated carbocycles. The summed E-state index contributed by atoms with van der Waals surface area (Å²) in [5.41, 5.74) is 0. The largest absolute Gasteiger partial charge is 0.477 e. The van der Waals surface area contributed by atoms with Crippen LogP contribution in [0.3, 0.4) is 0 Å². The second-order valence-electron chi connectivity index (χ2n) is 12.8. The van der Waals surface area contributed by atoms with E-state index < -0.39 is 24.4 Å². The molecule has 1 aliphatic rings. The van der Waals surface area contributed by atoms with Crippen molar-refractivity contribution in [2.75, 3.05) is 13.2 Å². The van der Waals surface area contributed by atoms with Crippen molar-refractivity contribution in [3.8, 4) is 0 Å². The zero-order valence-electron chi connectivity index (χ0n) is 28.0. The molecule has 7 heteroatoms. The fourth-order valence-electron chi connectivity index (χ4n) is 5.91. The molecule has 5 nitrogen and oxygen atoms in total. The highest BCUT2D eigenvalue weighted by molar-refractivity contribution is 7.80. The van der Waals surface area contributed by atoms with Gasteiger partial charge in [-0.25, -0.2) is 0 Å². The molecule has 4 atom stereocenters. The third-order valence-corrected chi connectivity index (χ3v) is 9.36. The van der Waals surface area contributed by atoms with Gasteiger partial charge < -0.3 is 24.4 Å². The highest BCUT2D eigenvalue weighted by atomic mass is 32.1. The highest BCUT2D eigenvalue weighted by Crippen LogP contribution is 2.24. The molecule has 0 unspecified atom stereocenters. The van der Waals surface area contributed by atoms with Crippen molar-refractivity contribution in [2.45, 2.75) is 205 Å². The van der Waals surface area contributed by atoms with Gasteiger partial charge in [0, 0.05) is 12.8 Å². The number of aliphatic hydroxyl groups is 2. The Hall–Kier alpha value is -0.340. The van der Waals surface area contributed by atoms with Crippen LogP contribution >= 0.6 is 24.4 Å². The van der Waals surface area contributed by atoms with Crippen LogP contribution in [0.4, 0.5) is 0 Å². The van der Waals surface area contributed by atoms with Crippen LogP contribution in [0.15, 0.2) is 0 Å². The van der Waals surface area contributed by atoms with Crippen molar-refractivity contribution in [2.24, 2.45) is 0 Å². The molecule has 1 saturated heterocycles. The predicted octanol–water partition coefficient (Wildman–Crippen LogP) is 10.3. The first-order valence-corrected chi connectivity index (χ1v) is 19.1. The lowest BCUT2D eigenvalue weighted by molar-refractivity contribution is -0.186. The minimum absolute atomic E-state index is 0.215. The Labute approximate surface area is 276 Å². The summed E-state index contributed by atoms with van der Waals surface area (Å²) in [6, 6.07) is 0. The van der Waals surface area contributed by atoms with Gasteiger partial charge in [-0.05, 0) is 37.3 Å². The van der Waals surface area contributed by atoms with Gasteiger partial charge in [0.1, 0.15) is 12.2 Å². The quantitative estimate of drug-likeness (QED) is 0.0620. The van der Waals surface area contributed by atoms with Gasteiger partial charge in [-0.3, -0.25) is 0 Å². The summed E-state index contributed by atoms with van der Waals surface area (Å²) < 4.78 is 17.8. The summed E-state index contributed by atoms with van der Waals surface area (Å²) in [5.74, 6) is 0. The van der Waals surface area contributed by atoms with Gasteiger partial charge in [0.25, 0.3) is 0 Å². The van der Waals surface area contributed by atoms with Gasteiger partial charge in [-0.1, -0.05) is 155 Å². The zero-order chi connectivity index (χ0) is 31.4. The number of hydrogen-bond acceptors (Lipinski definition) is 7. The molecular weight excluding hydrogens is 577 g/mol. The number of hydrogen-bond donors (Lipinski definition) is 2. The van der Waals surface area contributed by atoms with Crippen LogP contribution in [0.1, 0.15) is 181 Å². The second-order valence-corrected chi connectivity index (χ2v) is 13.7. The van der Waals surface area contributed by atoms with Gasteiger partial charge in [0.2, 0.25) is 0 Å². The maximum atomic E-state index is 10.8. The highest BCUT2D eigenvalue weighted by Gasteiger charge is 2.43. The molecule has 2 N–H and O–H groups in total. The average molecular weight is 645 g/mol. The second kappa shape index (κ2) is 29.1. The fourth-order valence-corrected chi connectivity index (χ4v) is 6.43. The van der Waals surface area contributed by atoms with E-state index in [0.717, 1.165) is 32.1 Å². The SMILES string of the molecule is CCCCCCCCCCCCCCC(=S)O[C@H]1[C@H](O)[C@@H](CO)OC[C@@H]1OC(=S)CCCCCCCCCCCCCC. The molecule has 0 aliphatic carbocycles. The lowest BCUT2D eigenvalue weighted by Gasteiger charge is -2.39. The van der Waals surface area contributed by atoms with Crippen LogP contribution in [-0.4, -0.2) is 57.9 Å². The number of unbranched alkanes of at least 4 members (excludes halogenated alkanes) is 22. The summed E-state index contributed by atoms with van der Waals surface area (Å²) in [6.45, 7) is 4.47. The smallest absolute Gasteiger partial charge is 0.167 e. The van der Waals surface area contributed by atoms with Gasteiger partial charge in [-0.2, -0.15) is 0 Å². The summed E-state index contributed by atoms with van der Waals surface area (Å²) in [6.07, 6.45) is 29.6. The molecule has 0 bridgehead atoms. The van der Waals surface area contributed by atoms with Gasteiger partial charge in [0.05, 0.1) is 13.2 Å². The zero-order valence-corrected chi connectivity index (χ0v) is 29.7. The van der Waals surface area contributed by atoms with Crippen molar-refractivity contribution in [1.82, 2.24) is 0 Å². The third-order valence-electron chi connectivity index (χ3n) is 8.76. The molecular formula is C36H68O5S2. The minimum Gasteiger partial charge on any atom is -0.477 e. The Bertz CT molecular complexity index is 662. The Morgan fingerprint density at radius 2 is 0.930 bits per heavy atom. The van der Waals surface area contributed by atoms with Crippen LogP contribution in [0.25, 0.3) is 0 Å². The van der Waals surface area contributed by atoms with Crippen LogP contribution in [0, 0.1) is 0 Å². The molecule has 0 aromatic heterocycles. The predicted molar refractivity (Wildman–Crippen MR) is 189 cm³/mol. The van der Waals surface area contributed by atoms with E-state index in [-0.39, 0.29) is 13.2 Å². The average Bonchev–Trinajstić information content (AvgIpc) is 3.00. The number of aliphatic hydroxyl groups excluding tert-OH is 2. The van der Waals surface area contributed by atoms with Crippen molar-refractivity contribution >= 4 is 34.5 Å². The lowest BCUT2D eigenvalue weighted by Crippen LogP contribution is -2.56. The van der Waals surface area contributed by atoms with Crippen LogP contribution < -0.4 is 0 Å². The Morgan fingerprint density at radius 1 is 0.581 bits per heavy atom. The van der Waals surface area contributed by atoms with Gasteiger partial charge in [-0.15, -0.1) is 0 Å². The molecule has 0 amide bonds. The van der Waals surface area contributed by atoms with E-state index >= 15 is 0 Å². The van der Waals surface area contributed by atoms with E-state index in [1.165, 1.54) is 128 Å². The number of ether oxygens (including phenoxy) is 3. The van der Waals surface area contributed by atoms with Crippen molar-refractivity contribution < 1.29 is 24.4 Å². The Kier molecular flexibility index (Phi) is 27.5.